The topological polar surface area (TPSA) is 91.0 Å². The maximum absolute atomic E-state index is 12.9. The number of benzene rings is 1. The van der Waals surface area contributed by atoms with Crippen molar-refractivity contribution >= 4 is 34.3 Å². The Hall–Kier alpha value is -2.93. The molecule has 0 radical (unpaired) electrons. The second kappa shape index (κ2) is 6.42. The zero-order valence-corrected chi connectivity index (χ0v) is 14.7. The standard InChI is InChI=1S/C18H16ClN5O2/c1-24-5-4-14(18(24)26)23-17(25)13-7-15(10-8-20-21-9-10)22-16-6-11(19)2-3-12(13)16/h2-3,6-9,14H,4-5H2,1H3,(H,20,21)(H,23,25). The predicted octanol–water partition coefficient (Wildman–Crippen LogP) is 2.24. The van der Waals surface area contributed by atoms with Gasteiger partial charge >= 0.3 is 0 Å². The van der Waals surface area contributed by atoms with Crippen molar-refractivity contribution in [2.24, 2.45) is 0 Å². The Bertz CT molecular complexity index is 1000. The zero-order chi connectivity index (χ0) is 18.3. The number of carbonyl (C=O) groups excluding carboxylic acids is 2. The SMILES string of the molecule is CN1CCC(NC(=O)c2cc(-c3cn[nH]c3)nc3cc(Cl)ccc23)C1=O. The number of likely N-dealkylation sites (N-methyl/N-ethyl adjacent to an activating group) is 1. The van der Waals surface area contributed by atoms with Crippen molar-refractivity contribution < 1.29 is 9.59 Å². The number of aromatic amines is 1. The first-order chi connectivity index (χ1) is 12.5. The van der Waals surface area contributed by atoms with Gasteiger partial charge in [0.2, 0.25) is 5.91 Å². The van der Waals surface area contributed by atoms with Gasteiger partial charge in [0.25, 0.3) is 5.91 Å². The van der Waals surface area contributed by atoms with Crippen LogP contribution in [0.1, 0.15) is 16.8 Å². The van der Waals surface area contributed by atoms with Crippen LogP contribution in [-0.2, 0) is 4.79 Å². The summed E-state index contributed by atoms with van der Waals surface area (Å²) in [5.41, 5.74) is 2.42. The number of rotatable bonds is 3. The Labute approximate surface area is 154 Å². The molecule has 0 aliphatic carbocycles. The van der Waals surface area contributed by atoms with Gasteiger partial charge in [-0.15, -0.1) is 0 Å². The molecule has 1 atom stereocenters. The molecule has 26 heavy (non-hydrogen) atoms. The van der Waals surface area contributed by atoms with E-state index >= 15 is 0 Å². The third kappa shape index (κ3) is 2.90. The molecule has 2 N–H and O–H groups in total. The Morgan fingerprint density at radius 1 is 1.38 bits per heavy atom. The monoisotopic (exact) mass is 369 g/mol. The lowest BCUT2D eigenvalue weighted by atomic mass is 10.0. The summed E-state index contributed by atoms with van der Waals surface area (Å²) < 4.78 is 0. The fourth-order valence-electron chi connectivity index (χ4n) is 3.12. The Kier molecular flexibility index (Phi) is 4.08. The molecule has 1 aliphatic heterocycles. The van der Waals surface area contributed by atoms with E-state index in [4.69, 9.17) is 11.6 Å². The van der Waals surface area contributed by atoms with Gasteiger partial charge in [-0.2, -0.15) is 5.10 Å². The smallest absolute Gasteiger partial charge is 0.252 e. The number of likely N-dealkylation sites (tertiary alicyclic amines) is 1. The highest BCUT2D eigenvalue weighted by atomic mass is 35.5. The minimum atomic E-state index is -0.500. The number of hydrogen-bond acceptors (Lipinski definition) is 4. The summed E-state index contributed by atoms with van der Waals surface area (Å²) in [6.45, 7) is 0.636. The van der Waals surface area contributed by atoms with Crippen LogP contribution in [-0.4, -0.2) is 51.5 Å². The summed E-state index contributed by atoms with van der Waals surface area (Å²) >= 11 is 6.09. The van der Waals surface area contributed by atoms with Crippen LogP contribution in [0.4, 0.5) is 0 Å². The van der Waals surface area contributed by atoms with Gasteiger partial charge in [0.1, 0.15) is 6.04 Å². The zero-order valence-electron chi connectivity index (χ0n) is 14.0. The van der Waals surface area contributed by atoms with Crippen LogP contribution in [0.2, 0.25) is 5.02 Å². The molecule has 1 aliphatic rings. The van der Waals surface area contributed by atoms with Gasteiger partial charge in [-0.05, 0) is 24.6 Å². The van der Waals surface area contributed by atoms with Gasteiger partial charge in [-0.3, -0.25) is 14.7 Å². The number of H-pyrrole nitrogens is 1. The van der Waals surface area contributed by atoms with Gasteiger partial charge in [-0.1, -0.05) is 17.7 Å². The molecule has 1 saturated heterocycles. The van der Waals surface area contributed by atoms with Crippen LogP contribution in [0.5, 0.6) is 0 Å². The molecule has 4 rings (SSSR count). The van der Waals surface area contributed by atoms with E-state index < -0.39 is 6.04 Å². The average molecular weight is 370 g/mol. The average Bonchev–Trinajstić information content (AvgIpc) is 3.26. The van der Waals surface area contributed by atoms with Crippen molar-refractivity contribution in [2.75, 3.05) is 13.6 Å². The van der Waals surface area contributed by atoms with E-state index in [0.29, 0.717) is 40.1 Å². The molecule has 3 heterocycles. The van der Waals surface area contributed by atoms with E-state index in [9.17, 15) is 9.59 Å². The largest absolute Gasteiger partial charge is 0.344 e. The quantitative estimate of drug-likeness (QED) is 0.740. The molecule has 2 amide bonds. The van der Waals surface area contributed by atoms with E-state index in [0.717, 1.165) is 5.56 Å². The number of hydrogen-bond donors (Lipinski definition) is 2. The van der Waals surface area contributed by atoms with Crippen molar-refractivity contribution in [3.63, 3.8) is 0 Å². The third-order valence-electron chi connectivity index (χ3n) is 4.54. The molecule has 0 spiro atoms. The Balaban J connectivity index is 1.77. The van der Waals surface area contributed by atoms with Crippen molar-refractivity contribution in [3.8, 4) is 11.3 Å². The van der Waals surface area contributed by atoms with Crippen molar-refractivity contribution in [1.29, 1.82) is 0 Å². The van der Waals surface area contributed by atoms with Gasteiger partial charge in [-0.25, -0.2) is 4.98 Å². The maximum atomic E-state index is 12.9. The van der Waals surface area contributed by atoms with Crippen LogP contribution in [0.25, 0.3) is 22.2 Å². The van der Waals surface area contributed by atoms with E-state index in [1.54, 1.807) is 48.6 Å². The number of pyridine rings is 1. The minimum absolute atomic E-state index is 0.0742. The number of carbonyl (C=O) groups is 2. The summed E-state index contributed by atoms with van der Waals surface area (Å²) in [7, 11) is 1.73. The summed E-state index contributed by atoms with van der Waals surface area (Å²) in [6.07, 6.45) is 3.94. The number of amides is 2. The fraction of sp³-hybridized carbons (Fsp3) is 0.222. The summed E-state index contributed by atoms with van der Waals surface area (Å²) in [5.74, 6) is -0.382. The number of nitrogens with one attached hydrogen (secondary N) is 2. The van der Waals surface area contributed by atoms with Crippen molar-refractivity contribution in [3.05, 3.63) is 47.2 Å². The number of halogens is 1. The molecule has 0 bridgehead atoms. The van der Waals surface area contributed by atoms with Crippen LogP contribution in [0.15, 0.2) is 36.7 Å². The lowest BCUT2D eigenvalue weighted by molar-refractivity contribution is -0.128. The highest BCUT2D eigenvalue weighted by Crippen LogP contribution is 2.26. The lowest BCUT2D eigenvalue weighted by Gasteiger charge is -2.14. The number of fused-ring (bicyclic) bond motifs is 1. The first-order valence-electron chi connectivity index (χ1n) is 8.18. The number of aromatic nitrogens is 3. The lowest BCUT2D eigenvalue weighted by Crippen LogP contribution is -2.40. The van der Waals surface area contributed by atoms with Gasteiger partial charge in [0.15, 0.2) is 0 Å². The molecular weight excluding hydrogens is 354 g/mol. The van der Waals surface area contributed by atoms with Gasteiger partial charge in [0, 0.05) is 35.8 Å². The predicted molar refractivity (Wildman–Crippen MR) is 97.8 cm³/mol. The molecule has 1 fully saturated rings. The fourth-order valence-corrected chi connectivity index (χ4v) is 3.29. The number of nitrogens with zero attached hydrogens (tertiary/aromatic N) is 3. The molecule has 0 saturated carbocycles. The second-order valence-electron chi connectivity index (χ2n) is 6.28. The van der Waals surface area contributed by atoms with E-state index in [1.165, 1.54) is 0 Å². The van der Waals surface area contributed by atoms with Gasteiger partial charge in [0.05, 0.1) is 23.0 Å². The van der Waals surface area contributed by atoms with Crippen molar-refractivity contribution in [1.82, 2.24) is 25.4 Å². The Morgan fingerprint density at radius 3 is 2.92 bits per heavy atom. The van der Waals surface area contributed by atoms with Crippen LogP contribution < -0.4 is 5.32 Å². The van der Waals surface area contributed by atoms with Crippen LogP contribution >= 0.6 is 11.6 Å². The molecule has 1 aromatic carbocycles. The van der Waals surface area contributed by atoms with E-state index in [1.807, 2.05) is 0 Å². The van der Waals surface area contributed by atoms with E-state index in [-0.39, 0.29) is 11.8 Å². The molecule has 1 unspecified atom stereocenters. The molecule has 2 aromatic heterocycles. The van der Waals surface area contributed by atoms with Gasteiger partial charge < -0.3 is 10.2 Å². The minimum Gasteiger partial charge on any atom is -0.344 e. The normalized spacial score (nSPS) is 17.1. The van der Waals surface area contributed by atoms with E-state index in [2.05, 4.69) is 20.5 Å². The molecule has 8 heteroatoms. The first kappa shape index (κ1) is 16.5. The van der Waals surface area contributed by atoms with Crippen LogP contribution in [0, 0.1) is 0 Å². The maximum Gasteiger partial charge on any atom is 0.252 e. The first-order valence-corrected chi connectivity index (χ1v) is 8.56. The summed E-state index contributed by atoms with van der Waals surface area (Å²) in [5, 5.41) is 10.7. The highest BCUT2D eigenvalue weighted by molar-refractivity contribution is 6.31. The Morgan fingerprint density at radius 2 is 2.23 bits per heavy atom. The molecule has 3 aromatic rings. The molecule has 132 valence electrons. The van der Waals surface area contributed by atoms with Crippen LogP contribution in [0.3, 0.4) is 0 Å². The highest BCUT2D eigenvalue weighted by Gasteiger charge is 2.31. The van der Waals surface area contributed by atoms with Crippen molar-refractivity contribution in [2.45, 2.75) is 12.5 Å². The summed E-state index contributed by atoms with van der Waals surface area (Å²) in [4.78, 5) is 31.2. The second-order valence-corrected chi connectivity index (χ2v) is 6.71. The summed E-state index contributed by atoms with van der Waals surface area (Å²) in [6, 6.07) is 6.40. The molecular formula is C18H16ClN5O2. The third-order valence-corrected chi connectivity index (χ3v) is 4.78. The molecule has 7 nitrogen and oxygen atoms in total.